The molecule has 0 amide bonds. The Morgan fingerprint density at radius 2 is 2.05 bits per heavy atom. The van der Waals surface area contributed by atoms with Gasteiger partial charge in [0, 0.05) is 16.6 Å². The molecular weight excluding hydrogens is 258 g/mol. The van der Waals surface area contributed by atoms with Crippen molar-refractivity contribution in [3.8, 4) is 0 Å². The lowest BCUT2D eigenvalue weighted by atomic mass is 10.1. The molecule has 0 bridgehead atoms. The highest BCUT2D eigenvalue weighted by molar-refractivity contribution is 5.96. The number of fused-ring (bicyclic) bond motifs is 1. The van der Waals surface area contributed by atoms with Crippen LogP contribution in [-0.2, 0) is 20.7 Å². The van der Waals surface area contributed by atoms with Gasteiger partial charge in [0.1, 0.15) is 0 Å². The van der Waals surface area contributed by atoms with E-state index in [4.69, 9.17) is 9.47 Å². The molecule has 1 N–H and O–H groups in total. The van der Waals surface area contributed by atoms with Crippen molar-refractivity contribution < 1.29 is 19.1 Å². The standard InChI is InChI=1S/C15H17NO4/c1-4-20-15(18)10-5-6-11-12(8-14(17)19-3)9(2)16-13(11)7-10/h5-7,16H,4,8H2,1-3H3. The Labute approximate surface area is 116 Å². The van der Waals surface area contributed by atoms with Gasteiger partial charge >= 0.3 is 11.9 Å². The van der Waals surface area contributed by atoms with Crippen LogP contribution in [0, 0.1) is 6.92 Å². The van der Waals surface area contributed by atoms with Gasteiger partial charge < -0.3 is 14.5 Å². The van der Waals surface area contributed by atoms with Crippen LogP contribution in [0.3, 0.4) is 0 Å². The Hall–Kier alpha value is -2.30. The van der Waals surface area contributed by atoms with Gasteiger partial charge in [-0.15, -0.1) is 0 Å². The SMILES string of the molecule is CCOC(=O)c1ccc2c(CC(=O)OC)c(C)[nH]c2c1. The van der Waals surface area contributed by atoms with Crippen molar-refractivity contribution in [1.29, 1.82) is 0 Å². The van der Waals surface area contributed by atoms with E-state index in [0.29, 0.717) is 12.2 Å². The molecule has 0 saturated carbocycles. The fourth-order valence-electron chi connectivity index (χ4n) is 2.18. The number of carbonyl (C=O) groups excluding carboxylic acids is 2. The monoisotopic (exact) mass is 275 g/mol. The molecule has 0 aliphatic rings. The Morgan fingerprint density at radius 3 is 2.70 bits per heavy atom. The van der Waals surface area contributed by atoms with E-state index in [1.54, 1.807) is 19.1 Å². The summed E-state index contributed by atoms with van der Waals surface area (Å²) in [7, 11) is 1.37. The molecule has 0 radical (unpaired) electrons. The topological polar surface area (TPSA) is 68.4 Å². The number of benzene rings is 1. The molecule has 0 saturated heterocycles. The van der Waals surface area contributed by atoms with Crippen LogP contribution in [0.5, 0.6) is 0 Å². The van der Waals surface area contributed by atoms with Gasteiger partial charge in [0.25, 0.3) is 0 Å². The number of ether oxygens (including phenoxy) is 2. The van der Waals surface area contributed by atoms with E-state index in [1.807, 2.05) is 13.0 Å². The third kappa shape index (κ3) is 2.66. The van der Waals surface area contributed by atoms with Crippen LogP contribution in [0.4, 0.5) is 0 Å². The van der Waals surface area contributed by atoms with Gasteiger partial charge in [0.15, 0.2) is 0 Å². The van der Waals surface area contributed by atoms with Crippen molar-refractivity contribution >= 4 is 22.8 Å². The lowest BCUT2D eigenvalue weighted by Crippen LogP contribution is -2.05. The Morgan fingerprint density at radius 1 is 1.30 bits per heavy atom. The maximum atomic E-state index is 11.7. The van der Waals surface area contributed by atoms with E-state index >= 15 is 0 Å². The van der Waals surface area contributed by atoms with E-state index in [2.05, 4.69) is 4.98 Å². The molecule has 1 aromatic carbocycles. The zero-order chi connectivity index (χ0) is 14.7. The average molecular weight is 275 g/mol. The quantitative estimate of drug-likeness (QED) is 0.870. The number of aromatic amines is 1. The first-order chi connectivity index (χ1) is 9.56. The highest BCUT2D eigenvalue weighted by Gasteiger charge is 2.15. The molecule has 0 atom stereocenters. The zero-order valence-corrected chi connectivity index (χ0v) is 11.8. The number of carbonyl (C=O) groups is 2. The summed E-state index contributed by atoms with van der Waals surface area (Å²) in [5.74, 6) is -0.639. The molecule has 5 nitrogen and oxygen atoms in total. The maximum Gasteiger partial charge on any atom is 0.338 e. The second kappa shape index (κ2) is 5.77. The molecule has 0 aliphatic carbocycles. The molecule has 20 heavy (non-hydrogen) atoms. The minimum absolute atomic E-state index is 0.209. The minimum Gasteiger partial charge on any atom is -0.469 e. The summed E-state index contributed by atoms with van der Waals surface area (Å²) in [5.41, 5.74) is 3.09. The zero-order valence-electron chi connectivity index (χ0n) is 11.8. The number of methoxy groups -OCH3 is 1. The summed E-state index contributed by atoms with van der Waals surface area (Å²) in [5, 5.41) is 0.918. The summed E-state index contributed by atoms with van der Waals surface area (Å²) < 4.78 is 9.66. The molecule has 5 heteroatoms. The van der Waals surface area contributed by atoms with E-state index < -0.39 is 0 Å². The largest absolute Gasteiger partial charge is 0.469 e. The van der Waals surface area contributed by atoms with Crippen molar-refractivity contribution in [3.05, 3.63) is 35.0 Å². The molecule has 1 aromatic heterocycles. The molecule has 0 aliphatic heterocycles. The van der Waals surface area contributed by atoms with E-state index in [0.717, 1.165) is 22.2 Å². The highest BCUT2D eigenvalue weighted by Crippen LogP contribution is 2.24. The second-order valence-corrected chi connectivity index (χ2v) is 4.46. The number of aryl methyl sites for hydroxylation is 1. The van der Waals surface area contributed by atoms with Gasteiger partial charge in [-0.25, -0.2) is 4.79 Å². The smallest absolute Gasteiger partial charge is 0.338 e. The molecule has 0 fully saturated rings. The van der Waals surface area contributed by atoms with Crippen molar-refractivity contribution in [2.24, 2.45) is 0 Å². The van der Waals surface area contributed by atoms with Gasteiger partial charge in [0.2, 0.25) is 0 Å². The first-order valence-electron chi connectivity index (χ1n) is 6.42. The van der Waals surface area contributed by atoms with Gasteiger partial charge in [-0.05, 0) is 31.5 Å². The molecular formula is C15H17NO4. The predicted molar refractivity (Wildman–Crippen MR) is 74.7 cm³/mol. The van der Waals surface area contributed by atoms with Crippen LogP contribution < -0.4 is 0 Å². The lowest BCUT2D eigenvalue weighted by Gasteiger charge is -2.02. The Bertz CT molecular complexity index is 657. The van der Waals surface area contributed by atoms with Crippen molar-refractivity contribution in [2.45, 2.75) is 20.3 Å². The maximum absolute atomic E-state index is 11.7. The van der Waals surface area contributed by atoms with E-state index in [1.165, 1.54) is 7.11 Å². The van der Waals surface area contributed by atoms with Crippen LogP contribution in [-0.4, -0.2) is 30.6 Å². The van der Waals surface area contributed by atoms with Crippen LogP contribution in [0.25, 0.3) is 10.9 Å². The molecule has 0 spiro atoms. The molecule has 1 heterocycles. The van der Waals surface area contributed by atoms with Crippen molar-refractivity contribution in [2.75, 3.05) is 13.7 Å². The lowest BCUT2D eigenvalue weighted by molar-refractivity contribution is -0.139. The van der Waals surface area contributed by atoms with Crippen molar-refractivity contribution in [3.63, 3.8) is 0 Å². The first-order valence-corrected chi connectivity index (χ1v) is 6.42. The summed E-state index contributed by atoms with van der Waals surface area (Å²) in [6.45, 7) is 4.00. The fraction of sp³-hybridized carbons (Fsp3) is 0.333. The normalized spacial score (nSPS) is 10.6. The Kier molecular flexibility index (Phi) is 4.08. The summed E-state index contributed by atoms with van der Waals surface area (Å²) in [6.07, 6.45) is 0.209. The molecule has 2 rings (SSSR count). The highest BCUT2D eigenvalue weighted by atomic mass is 16.5. The summed E-state index contributed by atoms with van der Waals surface area (Å²) in [6, 6.07) is 5.26. The van der Waals surface area contributed by atoms with Crippen molar-refractivity contribution in [1.82, 2.24) is 4.98 Å². The number of hydrogen-bond donors (Lipinski definition) is 1. The summed E-state index contributed by atoms with van der Waals surface area (Å²) >= 11 is 0. The second-order valence-electron chi connectivity index (χ2n) is 4.46. The van der Waals surface area contributed by atoms with Gasteiger partial charge in [-0.2, -0.15) is 0 Å². The Balaban J connectivity index is 2.41. The van der Waals surface area contributed by atoms with Gasteiger partial charge in [0.05, 0.1) is 25.7 Å². The van der Waals surface area contributed by atoms with Crippen LogP contribution in [0.1, 0.15) is 28.5 Å². The fourth-order valence-corrected chi connectivity index (χ4v) is 2.18. The number of rotatable bonds is 4. The van der Waals surface area contributed by atoms with Crippen LogP contribution >= 0.6 is 0 Å². The average Bonchev–Trinajstić information content (AvgIpc) is 2.74. The molecule has 106 valence electrons. The van der Waals surface area contributed by atoms with E-state index in [-0.39, 0.29) is 18.4 Å². The number of nitrogens with one attached hydrogen (secondary N) is 1. The molecule has 0 unspecified atom stereocenters. The number of aromatic nitrogens is 1. The number of hydrogen-bond acceptors (Lipinski definition) is 4. The van der Waals surface area contributed by atoms with Gasteiger partial charge in [-0.3, -0.25) is 4.79 Å². The number of H-pyrrole nitrogens is 1. The minimum atomic E-state index is -0.351. The predicted octanol–water partition coefficient (Wildman–Crippen LogP) is 2.37. The first kappa shape index (κ1) is 14.1. The van der Waals surface area contributed by atoms with Gasteiger partial charge in [-0.1, -0.05) is 6.07 Å². The van der Waals surface area contributed by atoms with Crippen LogP contribution in [0.2, 0.25) is 0 Å². The molecule has 2 aromatic rings. The number of esters is 2. The summed E-state index contributed by atoms with van der Waals surface area (Å²) in [4.78, 5) is 26.3. The van der Waals surface area contributed by atoms with E-state index in [9.17, 15) is 9.59 Å². The van der Waals surface area contributed by atoms with Crippen LogP contribution in [0.15, 0.2) is 18.2 Å². The third-order valence-electron chi connectivity index (χ3n) is 3.18. The third-order valence-corrected chi connectivity index (χ3v) is 3.18.